The average Bonchev–Trinajstić information content (AvgIpc) is 2.66. The molecule has 0 aliphatic heterocycles. The fourth-order valence-electron chi connectivity index (χ4n) is 0.951. The Hall–Kier alpha value is -1.57. The molecule has 0 N–H and O–H groups in total. The van der Waals surface area contributed by atoms with Crippen molar-refractivity contribution in [3.8, 4) is 0 Å². The monoisotopic (exact) mass is 174 g/mol. The van der Waals surface area contributed by atoms with E-state index in [9.17, 15) is 0 Å². The molecule has 0 unspecified atom stereocenters. The van der Waals surface area contributed by atoms with E-state index in [1.54, 1.807) is 17.0 Å². The molecule has 68 valence electrons. The van der Waals surface area contributed by atoms with E-state index in [4.69, 9.17) is 0 Å². The van der Waals surface area contributed by atoms with Crippen LogP contribution < -0.4 is 0 Å². The molecule has 0 saturated heterocycles. The fourth-order valence-corrected chi connectivity index (χ4v) is 0.951. The van der Waals surface area contributed by atoms with Gasteiger partial charge in [0, 0.05) is 12.4 Å². The minimum absolute atomic E-state index is 0.943. The summed E-state index contributed by atoms with van der Waals surface area (Å²) in [6.45, 7) is 9.71. The van der Waals surface area contributed by atoms with Crippen molar-refractivity contribution in [3.63, 3.8) is 0 Å². The van der Waals surface area contributed by atoms with Crippen molar-refractivity contribution in [1.29, 1.82) is 0 Å². The molecule has 0 atom stereocenters. The van der Waals surface area contributed by atoms with Gasteiger partial charge in [-0.15, -0.1) is 0 Å². The SMILES string of the molecule is C=C/C(=C\C(=C)CC)n1cccn1. The van der Waals surface area contributed by atoms with E-state index in [0.717, 1.165) is 17.7 Å². The zero-order valence-corrected chi connectivity index (χ0v) is 7.90. The summed E-state index contributed by atoms with van der Waals surface area (Å²) in [5, 5.41) is 4.11. The normalized spacial score (nSPS) is 11.3. The van der Waals surface area contributed by atoms with Crippen LogP contribution in [0.1, 0.15) is 13.3 Å². The fraction of sp³-hybridized carbons (Fsp3) is 0.182. The third kappa shape index (κ3) is 2.44. The lowest BCUT2D eigenvalue weighted by molar-refractivity contribution is 0.908. The Morgan fingerprint density at radius 2 is 2.38 bits per heavy atom. The zero-order valence-electron chi connectivity index (χ0n) is 7.90. The van der Waals surface area contributed by atoms with Crippen molar-refractivity contribution < 1.29 is 0 Å². The van der Waals surface area contributed by atoms with Gasteiger partial charge in [0.1, 0.15) is 0 Å². The molecule has 2 heteroatoms. The molecule has 1 heterocycles. The predicted molar refractivity (Wildman–Crippen MR) is 56.1 cm³/mol. The van der Waals surface area contributed by atoms with E-state index in [1.807, 2.05) is 18.3 Å². The standard InChI is InChI=1S/C11H14N2/c1-4-10(3)9-11(5-2)13-8-6-7-12-13/h5-9H,2-4H2,1H3/b11-9+. The smallest absolute Gasteiger partial charge is 0.0642 e. The number of allylic oxidation sites excluding steroid dienone is 4. The predicted octanol–water partition coefficient (Wildman–Crippen LogP) is 2.88. The Kier molecular flexibility index (Phi) is 3.26. The van der Waals surface area contributed by atoms with Gasteiger partial charge < -0.3 is 0 Å². The summed E-state index contributed by atoms with van der Waals surface area (Å²) < 4.78 is 1.77. The lowest BCUT2D eigenvalue weighted by Gasteiger charge is -2.02. The van der Waals surface area contributed by atoms with Gasteiger partial charge in [-0.05, 0) is 24.6 Å². The van der Waals surface area contributed by atoms with Gasteiger partial charge >= 0.3 is 0 Å². The first kappa shape index (κ1) is 9.52. The third-order valence-electron chi connectivity index (χ3n) is 1.78. The van der Waals surface area contributed by atoms with Crippen molar-refractivity contribution in [2.75, 3.05) is 0 Å². The number of rotatable bonds is 4. The number of hydrogen-bond acceptors (Lipinski definition) is 1. The molecule has 2 nitrogen and oxygen atoms in total. The van der Waals surface area contributed by atoms with E-state index in [2.05, 4.69) is 25.2 Å². The van der Waals surface area contributed by atoms with Crippen LogP contribution in [0, 0.1) is 0 Å². The second-order valence-corrected chi connectivity index (χ2v) is 2.74. The van der Waals surface area contributed by atoms with E-state index in [1.165, 1.54) is 0 Å². The molecule has 1 aromatic heterocycles. The van der Waals surface area contributed by atoms with E-state index < -0.39 is 0 Å². The molecular formula is C11H14N2. The summed E-state index contributed by atoms with van der Waals surface area (Å²) in [6.07, 6.45) is 8.33. The van der Waals surface area contributed by atoms with Gasteiger partial charge in [-0.3, -0.25) is 0 Å². The lowest BCUT2D eigenvalue weighted by atomic mass is 10.2. The molecular weight excluding hydrogens is 160 g/mol. The second-order valence-electron chi connectivity index (χ2n) is 2.74. The molecule has 0 aromatic carbocycles. The molecule has 0 aliphatic carbocycles. The number of hydrogen-bond donors (Lipinski definition) is 0. The highest BCUT2D eigenvalue weighted by atomic mass is 15.3. The molecule has 0 fully saturated rings. The maximum Gasteiger partial charge on any atom is 0.0642 e. The average molecular weight is 174 g/mol. The van der Waals surface area contributed by atoms with E-state index >= 15 is 0 Å². The summed E-state index contributed by atoms with van der Waals surface area (Å²) in [6, 6.07) is 1.88. The Bertz CT molecular complexity index is 318. The van der Waals surface area contributed by atoms with Gasteiger partial charge in [0.25, 0.3) is 0 Å². The van der Waals surface area contributed by atoms with Gasteiger partial charge in [0.15, 0.2) is 0 Å². The maximum absolute atomic E-state index is 4.11. The number of nitrogens with zero attached hydrogens (tertiary/aromatic N) is 2. The van der Waals surface area contributed by atoms with Gasteiger partial charge in [0.2, 0.25) is 0 Å². The Morgan fingerprint density at radius 3 is 2.85 bits per heavy atom. The van der Waals surface area contributed by atoms with Crippen molar-refractivity contribution in [1.82, 2.24) is 9.78 Å². The summed E-state index contributed by atoms with van der Waals surface area (Å²) >= 11 is 0. The molecule has 0 aliphatic rings. The van der Waals surface area contributed by atoms with Crippen LogP contribution in [0.3, 0.4) is 0 Å². The molecule has 13 heavy (non-hydrogen) atoms. The van der Waals surface area contributed by atoms with Crippen LogP contribution in [0.15, 0.2) is 49.3 Å². The Balaban J connectivity index is 2.92. The molecule has 0 saturated carbocycles. The minimum Gasteiger partial charge on any atom is -0.241 e. The van der Waals surface area contributed by atoms with Crippen LogP contribution in [0.2, 0.25) is 0 Å². The van der Waals surface area contributed by atoms with Crippen LogP contribution in [-0.4, -0.2) is 9.78 Å². The first-order valence-corrected chi connectivity index (χ1v) is 4.30. The largest absolute Gasteiger partial charge is 0.241 e. The maximum atomic E-state index is 4.11. The van der Waals surface area contributed by atoms with Crippen molar-refractivity contribution in [3.05, 3.63) is 49.3 Å². The Morgan fingerprint density at radius 1 is 1.62 bits per heavy atom. The molecule has 1 rings (SSSR count). The van der Waals surface area contributed by atoms with Crippen molar-refractivity contribution in [2.24, 2.45) is 0 Å². The third-order valence-corrected chi connectivity index (χ3v) is 1.78. The van der Waals surface area contributed by atoms with E-state index in [-0.39, 0.29) is 0 Å². The van der Waals surface area contributed by atoms with Crippen LogP contribution in [-0.2, 0) is 0 Å². The van der Waals surface area contributed by atoms with Crippen LogP contribution >= 0.6 is 0 Å². The highest BCUT2D eigenvalue weighted by Gasteiger charge is 1.95. The topological polar surface area (TPSA) is 17.8 Å². The van der Waals surface area contributed by atoms with Gasteiger partial charge in [-0.2, -0.15) is 5.10 Å². The number of aromatic nitrogens is 2. The highest BCUT2D eigenvalue weighted by molar-refractivity contribution is 5.58. The van der Waals surface area contributed by atoms with Gasteiger partial charge in [-0.1, -0.05) is 25.7 Å². The quantitative estimate of drug-likeness (QED) is 0.642. The summed E-state index contributed by atoms with van der Waals surface area (Å²) in [5.41, 5.74) is 2.03. The first-order chi connectivity index (χ1) is 6.27. The molecule has 0 spiro atoms. The van der Waals surface area contributed by atoms with Crippen molar-refractivity contribution in [2.45, 2.75) is 13.3 Å². The van der Waals surface area contributed by atoms with Crippen LogP contribution in [0.25, 0.3) is 5.70 Å². The van der Waals surface area contributed by atoms with Crippen molar-refractivity contribution >= 4 is 5.70 Å². The molecule has 0 amide bonds. The van der Waals surface area contributed by atoms with Crippen LogP contribution in [0.5, 0.6) is 0 Å². The zero-order chi connectivity index (χ0) is 9.68. The molecule has 0 radical (unpaired) electrons. The summed E-state index contributed by atoms with van der Waals surface area (Å²) in [5.74, 6) is 0. The highest BCUT2D eigenvalue weighted by Crippen LogP contribution is 2.09. The second kappa shape index (κ2) is 4.45. The summed E-state index contributed by atoms with van der Waals surface area (Å²) in [7, 11) is 0. The lowest BCUT2D eigenvalue weighted by Crippen LogP contribution is -1.94. The molecule has 0 bridgehead atoms. The van der Waals surface area contributed by atoms with Crippen LogP contribution in [0.4, 0.5) is 0 Å². The molecule has 1 aromatic rings. The van der Waals surface area contributed by atoms with E-state index in [0.29, 0.717) is 0 Å². The van der Waals surface area contributed by atoms with Gasteiger partial charge in [0.05, 0.1) is 5.70 Å². The Labute approximate surface area is 78.9 Å². The van der Waals surface area contributed by atoms with Gasteiger partial charge in [-0.25, -0.2) is 4.68 Å². The first-order valence-electron chi connectivity index (χ1n) is 4.30. The summed E-state index contributed by atoms with van der Waals surface area (Å²) in [4.78, 5) is 0. The minimum atomic E-state index is 0.943.